The first kappa shape index (κ1) is 14.4. The Morgan fingerprint density at radius 2 is 2.05 bits per heavy atom. The lowest BCUT2D eigenvalue weighted by Crippen LogP contribution is -2.38. The van der Waals surface area contributed by atoms with E-state index in [9.17, 15) is 8.42 Å². The Bertz CT molecular complexity index is 733. The summed E-state index contributed by atoms with van der Waals surface area (Å²) in [6, 6.07) is 7.65. The number of H-pyrrole nitrogens is 1. The number of nitrogens with one attached hydrogen (secondary N) is 2. The number of benzene rings is 1. The Hall–Kier alpha value is -1.57. The summed E-state index contributed by atoms with van der Waals surface area (Å²) in [5.41, 5.74) is 1.80. The number of rotatable bonds is 5. The van der Waals surface area contributed by atoms with E-state index in [1.807, 2.05) is 24.3 Å². The highest BCUT2D eigenvalue weighted by Gasteiger charge is 2.24. The van der Waals surface area contributed by atoms with Crippen molar-refractivity contribution in [3.05, 3.63) is 30.0 Å². The highest BCUT2D eigenvalue weighted by atomic mass is 32.2. The van der Waals surface area contributed by atoms with Crippen molar-refractivity contribution in [3.63, 3.8) is 0 Å². The van der Waals surface area contributed by atoms with E-state index < -0.39 is 10.2 Å². The minimum absolute atomic E-state index is 0.260. The third kappa shape index (κ3) is 3.04. The molecule has 0 bridgehead atoms. The van der Waals surface area contributed by atoms with Crippen molar-refractivity contribution in [2.45, 2.75) is 19.4 Å². The zero-order valence-corrected chi connectivity index (χ0v) is 12.7. The predicted octanol–water partition coefficient (Wildman–Crippen LogP) is 1.61. The number of hydrogen-bond acceptors (Lipinski definition) is 3. The summed E-state index contributed by atoms with van der Waals surface area (Å²) in [6.45, 7) is 1.48. The lowest BCUT2D eigenvalue weighted by molar-refractivity contribution is 0.415. The van der Waals surface area contributed by atoms with Crippen LogP contribution in [0.1, 0.15) is 18.5 Å². The Morgan fingerprint density at radius 1 is 1.29 bits per heavy atom. The largest absolute Gasteiger partial charge is 0.497 e. The first-order valence-electron chi connectivity index (χ1n) is 6.99. The van der Waals surface area contributed by atoms with Crippen LogP contribution in [-0.4, -0.2) is 37.9 Å². The van der Waals surface area contributed by atoms with E-state index >= 15 is 0 Å². The quantitative estimate of drug-likeness (QED) is 0.881. The van der Waals surface area contributed by atoms with Gasteiger partial charge in [0.2, 0.25) is 0 Å². The molecule has 2 heterocycles. The standard InChI is InChI=1S/C14H19N3O3S/c1-20-13-4-5-14-11(9-13)8-12(16-14)10-15-21(18,19)17-6-2-3-7-17/h4-5,8-9,15-16H,2-3,6-7,10H2,1H3. The second kappa shape index (κ2) is 5.67. The second-order valence-electron chi connectivity index (χ2n) is 5.18. The minimum Gasteiger partial charge on any atom is -0.497 e. The molecule has 1 saturated heterocycles. The monoisotopic (exact) mass is 309 g/mol. The summed E-state index contributed by atoms with van der Waals surface area (Å²) >= 11 is 0. The van der Waals surface area contributed by atoms with E-state index in [0.717, 1.165) is 35.2 Å². The van der Waals surface area contributed by atoms with Gasteiger partial charge in [-0.3, -0.25) is 0 Å². The van der Waals surface area contributed by atoms with E-state index in [-0.39, 0.29) is 6.54 Å². The van der Waals surface area contributed by atoms with Gasteiger partial charge >= 0.3 is 0 Å². The lowest BCUT2D eigenvalue weighted by Gasteiger charge is -2.15. The molecule has 1 aromatic heterocycles. The first-order valence-corrected chi connectivity index (χ1v) is 8.43. The minimum atomic E-state index is -3.37. The fraction of sp³-hybridized carbons (Fsp3) is 0.429. The van der Waals surface area contributed by atoms with Crippen LogP contribution < -0.4 is 9.46 Å². The summed E-state index contributed by atoms with van der Waals surface area (Å²) in [7, 11) is -1.75. The molecule has 1 aromatic carbocycles. The molecule has 6 nitrogen and oxygen atoms in total. The Kier molecular flexibility index (Phi) is 3.88. The fourth-order valence-corrected chi connectivity index (χ4v) is 3.84. The van der Waals surface area contributed by atoms with Gasteiger partial charge in [0.15, 0.2) is 0 Å². The summed E-state index contributed by atoms with van der Waals surface area (Å²) < 4.78 is 33.5. The molecule has 0 unspecified atom stereocenters. The highest BCUT2D eigenvalue weighted by Crippen LogP contribution is 2.21. The third-order valence-corrected chi connectivity index (χ3v) is 5.29. The van der Waals surface area contributed by atoms with Crippen LogP contribution in [-0.2, 0) is 16.8 Å². The summed E-state index contributed by atoms with van der Waals surface area (Å²) in [5, 5.41) is 1.00. The molecular formula is C14H19N3O3S. The SMILES string of the molecule is COc1ccc2[nH]c(CNS(=O)(=O)N3CCCC3)cc2c1. The maximum absolute atomic E-state index is 12.1. The van der Waals surface area contributed by atoms with Crippen LogP contribution in [0.2, 0.25) is 0 Å². The number of fused-ring (bicyclic) bond motifs is 1. The smallest absolute Gasteiger partial charge is 0.279 e. The van der Waals surface area contributed by atoms with E-state index in [2.05, 4.69) is 9.71 Å². The van der Waals surface area contributed by atoms with Crippen molar-refractivity contribution in [1.29, 1.82) is 0 Å². The fourth-order valence-electron chi connectivity index (χ4n) is 2.58. The number of aromatic amines is 1. The predicted molar refractivity (Wildman–Crippen MR) is 81.4 cm³/mol. The van der Waals surface area contributed by atoms with Gasteiger partial charge in [-0.2, -0.15) is 17.4 Å². The molecule has 0 saturated carbocycles. The molecule has 0 aliphatic carbocycles. The summed E-state index contributed by atoms with van der Waals surface area (Å²) in [6.07, 6.45) is 1.88. The van der Waals surface area contributed by atoms with Crippen molar-refractivity contribution in [3.8, 4) is 5.75 Å². The van der Waals surface area contributed by atoms with E-state index in [1.165, 1.54) is 4.31 Å². The topological polar surface area (TPSA) is 74.4 Å². The van der Waals surface area contributed by atoms with Crippen molar-refractivity contribution in [1.82, 2.24) is 14.0 Å². The maximum atomic E-state index is 12.1. The van der Waals surface area contributed by atoms with Gasteiger partial charge in [0.05, 0.1) is 13.7 Å². The van der Waals surface area contributed by atoms with Gasteiger partial charge in [-0.15, -0.1) is 0 Å². The van der Waals surface area contributed by atoms with Crippen LogP contribution in [0.25, 0.3) is 10.9 Å². The zero-order valence-electron chi connectivity index (χ0n) is 11.9. The molecule has 1 fully saturated rings. The molecular weight excluding hydrogens is 290 g/mol. The molecule has 2 N–H and O–H groups in total. The molecule has 114 valence electrons. The third-order valence-electron chi connectivity index (χ3n) is 3.73. The number of nitrogens with zero attached hydrogens (tertiary/aromatic N) is 1. The highest BCUT2D eigenvalue weighted by molar-refractivity contribution is 7.87. The van der Waals surface area contributed by atoms with Gasteiger partial charge in [-0.25, -0.2) is 0 Å². The number of aromatic nitrogens is 1. The Balaban J connectivity index is 1.73. The van der Waals surface area contributed by atoms with Gasteiger partial charge < -0.3 is 9.72 Å². The molecule has 2 aromatic rings. The van der Waals surface area contributed by atoms with Gasteiger partial charge in [-0.1, -0.05) is 0 Å². The number of hydrogen-bond donors (Lipinski definition) is 2. The average Bonchev–Trinajstić information content (AvgIpc) is 3.13. The zero-order chi connectivity index (χ0) is 14.9. The van der Waals surface area contributed by atoms with Crippen LogP contribution in [0.15, 0.2) is 24.3 Å². The molecule has 0 spiro atoms. The van der Waals surface area contributed by atoms with Crippen molar-refractivity contribution in [2.24, 2.45) is 0 Å². The van der Waals surface area contributed by atoms with Crippen LogP contribution in [0.4, 0.5) is 0 Å². The second-order valence-corrected chi connectivity index (χ2v) is 6.94. The van der Waals surface area contributed by atoms with Gasteiger partial charge in [0.25, 0.3) is 10.2 Å². The van der Waals surface area contributed by atoms with Crippen molar-refractivity contribution < 1.29 is 13.2 Å². The lowest BCUT2D eigenvalue weighted by atomic mass is 10.2. The first-order chi connectivity index (χ1) is 10.1. The number of methoxy groups -OCH3 is 1. The average molecular weight is 309 g/mol. The summed E-state index contributed by atoms with van der Waals surface area (Å²) in [5.74, 6) is 0.783. The van der Waals surface area contributed by atoms with Gasteiger partial charge in [-0.05, 0) is 37.1 Å². The van der Waals surface area contributed by atoms with Gasteiger partial charge in [0.1, 0.15) is 5.75 Å². The van der Waals surface area contributed by atoms with E-state index in [4.69, 9.17) is 4.74 Å². The number of ether oxygens (including phenoxy) is 1. The van der Waals surface area contributed by atoms with Crippen LogP contribution in [0.3, 0.4) is 0 Å². The van der Waals surface area contributed by atoms with Gasteiger partial charge in [0, 0.05) is 29.7 Å². The molecule has 3 rings (SSSR count). The molecule has 0 radical (unpaired) electrons. The van der Waals surface area contributed by atoms with Crippen molar-refractivity contribution in [2.75, 3.05) is 20.2 Å². The van der Waals surface area contributed by atoms with E-state index in [1.54, 1.807) is 7.11 Å². The molecule has 0 amide bonds. The summed E-state index contributed by atoms with van der Waals surface area (Å²) in [4.78, 5) is 3.21. The van der Waals surface area contributed by atoms with E-state index in [0.29, 0.717) is 13.1 Å². The van der Waals surface area contributed by atoms with Crippen LogP contribution in [0, 0.1) is 0 Å². The molecule has 1 aliphatic heterocycles. The van der Waals surface area contributed by atoms with Crippen molar-refractivity contribution >= 4 is 21.1 Å². The maximum Gasteiger partial charge on any atom is 0.279 e. The molecule has 21 heavy (non-hydrogen) atoms. The molecule has 0 atom stereocenters. The normalized spacial score (nSPS) is 16.6. The molecule has 1 aliphatic rings. The molecule has 7 heteroatoms. The Labute approximate surface area is 124 Å². The van der Waals surface area contributed by atoms with Crippen LogP contribution >= 0.6 is 0 Å². The van der Waals surface area contributed by atoms with Crippen LogP contribution in [0.5, 0.6) is 5.75 Å². The Morgan fingerprint density at radius 3 is 2.76 bits per heavy atom.